The molecule has 5 nitrogen and oxygen atoms in total. The van der Waals surface area contributed by atoms with E-state index in [1.807, 2.05) is 39.0 Å². The molecule has 0 aliphatic carbocycles. The van der Waals surface area contributed by atoms with Crippen molar-refractivity contribution in [2.24, 2.45) is 0 Å². The van der Waals surface area contributed by atoms with Gasteiger partial charge in [0.2, 0.25) is 0 Å². The van der Waals surface area contributed by atoms with Crippen LogP contribution in [0, 0.1) is 20.8 Å². The van der Waals surface area contributed by atoms with Crippen LogP contribution < -0.4 is 11.1 Å². The normalized spacial score (nSPS) is 10.9. The van der Waals surface area contributed by atoms with E-state index in [0.29, 0.717) is 16.4 Å². The highest BCUT2D eigenvalue weighted by atomic mass is 32.1. The lowest BCUT2D eigenvalue weighted by Gasteiger charge is -2.06. The Kier molecular flexibility index (Phi) is 3.54. The maximum absolute atomic E-state index is 12.5. The summed E-state index contributed by atoms with van der Waals surface area (Å²) in [5.41, 5.74) is 9.50. The summed E-state index contributed by atoms with van der Waals surface area (Å²) in [6.45, 7) is 5.80. The number of aromatic nitrogens is 2. The van der Waals surface area contributed by atoms with Gasteiger partial charge < -0.3 is 11.1 Å². The van der Waals surface area contributed by atoms with Gasteiger partial charge in [0.25, 0.3) is 5.91 Å². The van der Waals surface area contributed by atoms with Crippen molar-refractivity contribution in [3.8, 4) is 0 Å². The first-order valence-corrected chi connectivity index (χ1v) is 7.68. The van der Waals surface area contributed by atoms with Gasteiger partial charge in [-0.05, 0) is 44.0 Å². The summed E-state index contributed by atoms with van der Waals surface area (Å²) in [5.74, 6) is 0.296. The summed E-state index contributed by atoms with van der Waals surface area (Å²) in [6.07, 6.45) is 1.64. The SMILES string of the molecule is Cc1cc(C)c2c(N)c(C(=O)Nc3ncccc3C)sc2n1. The highest BCUT2D eigenvalue weighted by Gasteiger charge is 2.19. The summed E-state index contributed by atoms with van der Waals surface area (Å²) in [7, 11) is 0. The first-order valence-electron chi connectivity index (χ1n) is 6.86. The minimum absolute atomic E-state index is 0.251. The van der Waals surface area contributed by atoms with Crippen molar-refractivity contribution in [2.45, 2.75) is 20.8 Å². The number of fused-ring (bicyclic) bond motifs is 1. The second-order valence-corrected chi connectivity index (χ2v) is 6.23. The Morgan fingerprint density at radius 3 is 2.77 bits per heavy atom. The van der Waals surface area contributed by atoms with Gasteiger partial charge in [0.1, 0.15) is 15.5 Å². The van der Waals surface area contributed by atoms with Gasteiger partial charge in [-0.25, -0.2) is 9.97 Å². The molecule has 0 spiro atoms. The zero-order valence-electron chi connectivity index (χ0n) is 12.6. The number of nitrogen functional groups attached to an aromatic ring is 1. The number of hydrogen-bond acceptors (Lipinski definition) is 5. The average Bonchev–Trinajstić information content (AvgIpc) is 2.78. The number of hydrogen-bond donors (Lipinski definition) is 2. The lowest BCUT2D eigenvalue weighted by molar-refractivity contribution is 0.103. The largest absolute Gasteiger partial charge is 0.397 e. The number of thiophene rings is 1. The highest BCUT2D eigenvalue weighted by molar-refractivity contribution is 7.21. The van der Waals surface area contributed by atoms with Crippen LogP contribution >= 0.6 is 11.3 Å². The van der Waals surface area contributed by atoms with Crippen LogP contribution in [0.3, 0.4) is 0 Å². The van der Waals surface area contributed by atoms with E-state index in [-0.39, 0.29) is 5.91 Å². The number of rotatable bonds is 2. The van der Waals surface area contributed by atoms with Gasteiger partial charge in [0.15, 0.2) is 0 Å². The molecule has 0 saturated carbocycles. The molecule has 0 fully saturated rings. The Morgan fingerprint density at radius 1 is 1.27 bits per heavy atom. The number of aryl methyl sites for hydroxylation is 3. The predicted octanol–water partition coefficient (Wildman–Crippen LogP) is 3.45. The third-order valence-corrected chi connectivity index (χ3v) is 4.57. The molecule has 3 rings (SSSR count). The molecule has 3 aromatic heterocycles. The molecule has 22 heavy (non-hydrogen) atoms. The number of nitrogens with two attached hydrogens (primary N) is 1. The summed E-state index contributed by atoms with van der Waals surface area (Å²) >= 11 is 1.31. The fraction of sp³-hybridized carbons (Fsp3) is 0.188. The molecule has 112 valence electrons. The Bertz CT molecular complexity index is 885. The molecule has 1 amide bonds. The molecule has 0 bridgehead atoms. The van der Waals surface area contributed by atoms with E-state index in [1.165, 1.54) is 11.3 Å². The third-order valence-electron chi connectivity index (χ3n) is 3.47. The lowest BCUT2D eigenvalue weighted by Crippen LogP contribution is -2.13. The maximum atomic E-state index is 12.5. The molecule has 3 heterocycles. The molecule has 0 radical (unpaired) electrons. The van der Waals surface area contributed by atoms with Crippen LogP contribution in [0.15, 0.2) is 24.4 Å². The van der Waals surface area contributed by atoms with Crippen molar-refractivity contribution in [2.75, 3.05) is 11.1 Å². The van der Waals surface area contributed by atoms with Gasteiger partial charge >= 0.3 is 0 Å². The van der Waals surface area contributed by atoms with E-state index in [1.54, 1.807) is 6.20 Å². The molecule has 0 atom stereocenters. The minimum atomic E-state index is -0.251. The predicted molar refractivity (Wildman–Crippen MR) is 90.4 cm³/mol. The molecule has 6 heteroatoms. The number of anilines is 2. The summed E-state index contributed by atoms with van der Waals surface area (Å²) in [6, 6.07) is 5.69. The van der Waals surface area contributed by atoms with Crippen molar-refractivity contribution < 1.29 is 4.79 Å². The van der Waals surface area contributed by atoms with Crippen molar-refractivity contribution in [1.82, 2.24) is 9.97 Å². The van der Waals surface area contributed by atoms with Crippen molar-refractivity contribution in [3.05, 3.63) is 46.1 Å². The van der Waals surface area contributed by atoms with Gasteiger partial charge in [-0.15, -0.1) is 11.3 Å². The summed E-state index contributed by atoms with van der Waals surface area (Å²) in [5, 5.41) is 3.67. The smallest absolute Gasteiger partial charge is 0.269 e. The minimum Gasteiger partial charge on any atom is -0.397 e. The average molecular weight is 312 g/mol. The van der Waals surface area contributed by atoms with Crippen LogP contribution in [0.1, 0.15) is 26.5 Å². The fourth-order valence-corrected chi connectivity index (χ4v) is 3.53. The van der Waals surface area contributed by atoms with Gasteiger partial charge in [-0.2, -0.15) is 0 Å². The quantitative estimate of drug-likeness (QED) is 0.759. The van der Waals surface area contributed by atoms with Crippen molar-refractivity contribution >= 4 is 39.0 Å². The highest BCUT2D eigenvalue weighted by Crippen LogP contribution is 2.35. The molecule has 0 aliphatic rings. The van der Waals surface area contributed by atoms with Crippen LogP contribution in [0.4, 0.5) is 11.5 Å². The van der Waals surface area contributed by atoms with Crippen LogP contribution in [0.5, 0.6) is 0 Å². The van der Waals surface area contributed by atoms with Gasteiger partial charge in [0.05, 0.1) is 5.69 Å². The van der Waals surface area contributed by atoms with Crippen molar-refractivity contribution in [1.29, 1.82) is 0 Å². The van der Waals surface area contributed by atoms with E-state index in [2.05, 4.69) is 15.3 Å². The standard InChI is InChI=1S/C16H16N4OS/c1-8-5-4-6-18-14(8)20-15(21)13-12(17)11-9(2)7-10(3)19-16(11)22-13/h4-7H,17H2,1-3H3,(H,18,20,21). The maximum Gasteiger partial charge on any atom is 0.269 e. The fourth-order valence-electron chi connectivity index (χ4n) is 2.42. The monoisotopic (exact) mass is 312 g/mol. The van der Waals surface area contributed by atoms with E-state index in [0.717, 1.165) is 27.0 Å². The van der Waals surface area contributed by atoms with Gasteiger partial charge in [0, 0.05) is 17.3 Å². The molecule has 3 aromatic rings. The first kappa shape index (κ1) is 14.5. The Morgan fingerprint density at radius 2 is 2.05 bits per heavy atom. The van der Waals surface area contributed by atoms with E-state index >= 15 is 0 Å². The van der Waals surface area contributed by atoms with E-state index in [9.17, 15) is 4.79 Å². The Balaban J connectivity index is 2.03. The van der Waals surface area contributed by atoms with Crippen LogP contribution in [-0.4, -0.2) is 15.9 Å². The van der Waals surface area contributed by atoms with Gasteiger partial charge in [-0.1, -0.05) is 6.07 Å². The van der Waals surface area contributed by atoms with Gasteiger partial charge in [-0.3, -0.25) is 4.79 Å². The van der Waals surface area contributed by atoms with Crippen LogP contribution in [-0.2, 0) is 0 Å². The van der Waals surface area contributed by atoms with E-state index < -0.39 is 0 Å². The zero-order chi connectivity index (χ0) is 15.9. The molecular formula is C16H16N4OS. The molecular weight excluding hydrogens is 296 g/mol. The number of nitrogens with one attached hydrogen (secondary N) is 1. The number of pyridine rings is 2. The molecule has 3 N–H and O–H groups in total. The Hall–Kier alpha value is -2.47. The Labute approximate surface area is 132 Å². The number of carbonyl (C=O) groups is 1. The van der Waals surface area contributed by atoms with Crippen molar-refractivity contribution in [3.63, 3.8) is 0 Å². The van der Waals surface area contributed by atoms with Crippen LogP contribution in [0.25, 0.3) is 10.2 Å². The number of nitrogens with zero attached hydrogens (tertiary/aromatic N) is 2. The summed E-state index contributed by atoms with van der Waals surface area (Å²) < 4.78 is 0. The second kappa shape index (κ2) is 5.38. The lowest BCUT2D eigenvalue weighted by atomic mass is 10.1. The molecule has 0 aromatic carbocycles. The second-order valence-electron chi connectivity index (χ2n) is 5.23. The zero-order valence-corrected chi connectivity index (χ0v) is 13.4. The number of carbonyl (C=O) groups excluding carboxylic acids is 1. The summed E-state index contributed by atoms with van der Waals surface area (Å²) in [4.78, 5) is 22.4. The third kappa shape index (κ3) is 2.42. The van der Waals surface area contributed by atoms with E-state index in [4.69, 9.17) is 5.73 Å². The van der Waals surface area contributed by atoms with Crippen LogP contribution in [0.2, 0.25) is 0 Å². The topological polar surface area (TPSA) is 80.9 Å². The number of amides is 1. The molecule has 0 unspecified atom stereocenters. The molecule has 0 aliphatic heterocycles. The first-order chi connectivity index (χ1) is 10.5. The molecule has 0 saturated heterocycles.